The maximum atomic E-state index is 12.8. The lowest BCUT2D eigenvalue weighted by Crippen LogP contribution is -1.93. The molecule has 0 saturated carbocycles. The normalized spacial score (nSPS) is 10.8. The van der Waals surface area contributed by atoms with Crippen molar-refractivity contribution in [2.75, 3.05) is 0 Å². The van der Waals surface area contributed by atoms with Crippen molar-refractivity contribution in [3.8, 4) is 11.3 Å². The lowest BCUT2D eigenvalue weighted by molar-refractivity contribution is 0.628. The van der Waals surface area contributed by atoms with Crippen LogP contribution >= 0.6 is 11.6 Å². The highest BCUT2D eigenvalue weighted by Crippen LogP contribution is 2.21. The van der Waals surface area contributed by atoms with E-state index >= 15 is 0 Å². The van der Waals surface area contributed by atoms with Crippen LogP contribution in [-0.2, 0) is 0 Å². The first-order valence-electron chi connectivity index (χ1n) is 5.13. The van der Waals surface area contributed by atoms with E-state index in [1.807, 2.05) is 0 Å². The molecule has 3 rings (SSSR count). The molecule has 0 saturated heterocycles. The number of hydrogen-bond acceptors (Lipinski definition) is 4. The molecule has 0 aliphatic heterocycles. The van der Waals surface area contributed by atoms with Gasteiger partial charge in [0.25, 0.3) is 0 Å². The second-order valence-corrected chi connectivity index (χ2v) is 3.96. The van der Waals surface area contributed by atoms with Crippen LogP contribution in [0, 0.1) is 5.82 Å². The molecule has 0 aliphatic carbocycles. The summed E-state index contributed by atoms with van der Waals surface area (Å²) >= 11 is 5.93. The minimum Gasteiger partial charge on any atom is -0.240 e. The van der Waals surface area contributed by atoms with Gasteiger partial charge in [-0.3, -0.25) is 0 Å². The lowest BCUT2D eigenvalue weighted by atomic mass is 10.1. The van der Waals surface area contributed by atoms with E-state index in [1.165, 1.54) is 18.5 Å². The predicted molar refractivity (Wildman–Crippen MR) is 65.5 cm³/mol. The number of nitrogens with zero attached hydrogens (tertiary/aromatic N) is 4. The van der Waals surface area contributed by atoms with Crippen LogP contribution in [-0.4, -0.2) is 19.9 Å². The standard InChI is InChI=1S/C12H6ClFN4/c13-11-10-12(17-6-16-11)15-5-9(18-10)7-1-3-8(14)4-2-7/h1-6H. The van der Waals surface area contributed by atoms with Crippen molar-refractivity contribution < 1.29 is 4.39 Å². The number of hydrogen-bond donors (Lipinski definition) is 0. The Morgan fingerprint density at radius 3 is 2.56 bits per heavy atom. The Kier molecular flexibility index (Phi) is 2.60. The molecule has 2 heterocycles. The van der Waals surface area contributed by atoms with Gasteiger partial charge in [-0.1, -0.05) is 11.6 Å². The fourth-order valence-electron chi connectivity index (χ4n) is 1.57. The average molecular weight is 261 g/mol. The van der Waals surface area contributed by atoms with Crippen molar-refractivity contribution in [2.45, 2.75) is 0 Å². The van der Waals surface area contributed by atoms with E-state index in [-0.39, 0.29) is 11.0 Å². The van der Waals surface area contributed by atoms with E-state index in [1.54, 1.807) is 18.3 Å². The van der Waals surface area contributed by atoms with Gasteiger partial charge in [-0.15, -0.1) is 0 Å². The Labute approximate surface area is 107 Å². The van der Waals surface area contributed by atoms with Crippen LogP contribution in [0.3, 0.4) is 0 Å². The number of halogens is 2. The van der Waals surface area contributed by atoms with Gasteiger partial charge in [-0.2, -0.15) is 0 Å². The molecule has 0 amide bonds. The SMILES string of the molecule is Fc1ccc(-c2cnc3ncnc(Cl)c3n2)cc1. The first kappa shape index (κ1) is 11.0. The Balaban J connectivity index is 2.18. The Morgan fingerprint density at radius 2 is 1.78 bits per heavy atom. The molecule has 6 heteroatoms. The van der Waals surface area contributed by atoms with Gasteiger partial charge in [0.1, 0.15) is 17.7 Å². The quantitative estimate of drug-likeness (QED) is 0.631. The third-order valence-electron chi connectivity index (χ3n) is 2.44. The summed E-state index contributed by atoms with van der Waals surface area (Å²) in [5, 5.41) is 0.247. The molecule has 0 spiro atoms. The zero-order valence-corrected chi connectivity index (χ0v) is 9.76. The zero-order chi connectivity index (χ0) is 12.5. The largest absolute Gasteiger partial charge is 0.240 e. The molecule has 0 unspecified atom stereocenters. The number of fused-ring (bicyclic) bond motifs is 1. The second kappa shape index (κ2) is 4.27. The van der Waals surface area contributed by atoms with Crippen LogP contribution in [0.15, 0.2) is 36.8 Å². The molecular formula is C12H6ClFN4. The van der Waals surface area contributed by atoms with Gasteiger partial charge in [-0.25, -0.2) is 24.3 Å². The van der Waals surface area contributed by atoms with Crippen molar-refractivity contribution in [1.29, 1.82) is 0 Å². The molecule has 0 radical (unpaired) electrons. The summed E-state index contributed by atoms with van der Waals surface area (Å²) in [6, 6.07) is 5.99. The van der Waals surface area contributed by atoms with Crippen LogP contribution in [0.25, 0.3) is 22.4 Å². The van der Waals surface area contributed by atoms with Crippen LogP contribution in [0.4, 0.5) is 4.39 Å². The van der Waals surface area contributed by atoms with E-state index in [9.17, 15) is 4.39 Å². The maximum absolute atomic E-state index is 12.8. The van der Waals surface area contributed by atoms with Crippen molar-refractivity contribution in [3.05, 3.63) is 47.8 Å². The van der Waals surface area contributed by atoms with Gasteiger partial charge in [0, 0.05) is 5.56 Å². The highest BCUT2D eigenvalue weighted by atomic mass is 35.5. The second-order valence-electron chi connectivity index (χ2n) is 3.60. The zero-order valence-electron chi connectivity index (χ0n) is 9.01. The Hall–Kier alpha value is -2.14. The molecule has 2 aromatic heterocycles. The molecule has 0 aliphatic rings. The number of rotatable bonds is 1. The van der Waals surface area contributed by atoms with E-state index in [0.717, 1.165) is 5.56 Å². The van der Waals surface area contributed by atoms with Crippen LogP contribution in [0.5, 0.6) is 0 Å². The average Bonchev–Trinajstić information content (AvgIpc) is 2.40. The number of benzene rings is 1. The molecule has 0 fully saturated rings. The third-order valence-corrected chi connectivity index (χ3v) is 2.72. The minimum atomic E-state index is -0.297. The third kappa shape index (κ3) is 1.89. The van der Waals surface area contributed by atoms with Crippen molar-refractivity contribution in [2.24, 2.45) is 0 Å². The van der Waals surface area contributed by atoms with E-state index in [0.29, 0.717) is 16.9 Å². The summed E-state index contributed by atoms with van der Waals surface area (Å²) in [4.78, 5) is 16.3. The van der Waals surface area contributed by atoms with Crippen molar-refractivity contribution >= 4 is 22.8 Å². The molecule has 0 bridgehead atoms. The van der Waals surface area contributed by atoms with Crippen molar-refractivity contribution in [3.63, 3.8) is 0 Å². The monoisotopic (exact) mass is 260 g/mol. The van der Waals surface area contributed by atoms with Gasteiger partial charge in [0.05, 0.1) is 11.9 Å². The van der Waals surface area contributed by atoms with Crippen LogP contribution < -0.4 is 0 Å². The lowest BCUT2D eigenvalue weighted by Gasteiger charge is -2.02. The molecule has 0 N–H and O–H groups in total. The van der Waals surface area contributed by atoms with E-state index < -0.39 is 0 Å². The summed E-state index contributed by atoms with van der Waals surface area (Å²) in [5.74, 6) is -0.297. The smallest absolute Gasteiger partial charge is 0.182 e. The molecular weight excluding hydrogens is 255 g/mol. The maximum Gasteiger partial charge on any atom is 0.182 e. The molecule has 18 heavy (non-hydrogen) atoms. The van der Waals surface area contributed by atoms with Gasteiger partial charge >= 0.3 is 0 Å². The molecule has 0 atom stereocenters. The molecule has 1 aromatic carbocycles. The van der Waals surface area contributed by atoms with Crippen molar-refractivity contribution in [1.82, 2.24) is 19.9 Å². The van der Waals surface area contributed by atoms with E-state index in [4.69, 9.17) is 11.6 Å². The Bertz CT molecular complexity index is 715. The molecule has 4 nitrogen and oxygen atoms in total. The van der Waals surface area contributed by atoms with Gasteiger partial charge in [0.2, 0.25) is 0 Å². The topological polar surface area (TPSA) is 51.6 Å². The fourth-order valence-corrected chi connectivity index (χ4v) is 1.74. The molecule has 3 aromatic rings. The highest BCUT2D eigenvalue weighted by Gasteiger charge is 2.07. The summed E-state index contributed by atoms with van der Waals surface area (Å²) < 4.78 is 12.8. The summed E-state index contributed by atoms with van der Waals surface area (Å²) in [5.41, 5.74) is 2.21. The first-order valence-corrected chi connectivity index (χ1v) is 5.51. The summed E-state index contributed by atoms with van der Waals surface area (Å²) in [7, 11) is 0. The van der Waals surface area contributed by atoms with Gasteiger partial charge in [0.15, 0.2) is 10.8 Å². The Morgan fingerprint density at radius 1 is 1.00 bits per heavy atom. The first-order chi connectivity index (χ1) is 8.74. The predicted octanol–water partition coefficient (Wildman–Crippen LogP) is 2.88. The van der Waals surface area contributed by atoms with Crippen LogP contribution in [0.1, 0.15) is 0 Å². The summed E-state index contributed by atoms with van der Waals surface area (Å²) in [6.45, 7) is 0. The fraction of sp³-hybridized carbons (Fsp3) is 0. The van der Waals surface area contributed by atoms with Crippen LogP contribution in [0.2, 0.25) is 5.15 Å². The highest BCUT2D eigenvalue weighted by molar-refractivity contribution is 6.33. The minimum absolute atomic E-state index is 0.247. The number of aromatic nitrogens is 4. The van der Waals surface area contributed by atoms with E-state index in [2.05, 4.69) is 19.9 Å². The van der Waals surface area contributed by atoms with Gasteiger partial charge < -0.3 is 0 Å². The van der Waals surface area contributed by atoms with Gasteiger partial charge in [-0.05, 0) is 24.3 Å². The molecule has 88 valence electrons. The summed E-state index contributed by atoms with van der Waals surface area (Å²) in [6.07, 6.45) is 2.90.